The molecule has 2 aliphatic heterocycles. The lowest BCUT2D eigenvalue weighted by Gasteiger charge is -2.19. The Bertz CT molecular complexity index is 1570. The Morgan fingerprint density at radius 3 is 2.53 bits per heavy atom. The number of anilines is 2. The monoisotopic (exact) mass is 504 g/mol. The van der Waals surface area contributed by atoms with Crippen LogP contribution in [0.1, 0.15) is 15.9 Å². The number of amides is 1. The maximum atomic E-state index is 13.2. The molecule has 1 amide bonds. The lowest BCUT2D eigenvalue weighted by atomic mass is 10.2. The van der Waals surface area contributed by atoms with Gasteiger partial charge in [-0.05, 0) is 60.5 Å². The first-order valence-corrected chi connectivity index (χ1v) is 12.7. The van der Waals surface area contributed by atoms with E-state index in [1.54, 1.807) is 24.3 Å². The highest BCUT2D eigenvalue weighted by Crippen LogP contribution is 2.35. The van der Waals surface area contributed by atoms with Crippen LogP contribution in [0.2, 0.25) is 0 Å². The molecule has 0 saturated heterocycles. The molecule has 4 aromatic rings. The quantitative estimate of drug-likeness (QED) is 0.438. The van der Waals surface area contributed by atoms with E-state index in [0.29, 0.717) is 48.9 Å². The molecular formula is C25H20N4O6S. The Labute approximate surface area is 206 Å². The van der Waals surface area contributed by atoms with Crippen molar-refractivity contribution in [1.29, 1.82) is 0 Å². The Hall–Kier alpha value is -4.38. The van der Waals surface area contributed by atoms with E-state index in [1.165, 1.54) is 28.6 Å². The van der Waals surface area contributed by atoms with Crippen molar-refractivity contribution < 1.29 is 27.1 Å². The number of carbonyl (C=O) groups excluding carboxylic acids is 1. The largest absolute Gasteiger partial charge is 0.486 e. The van der Waals surface area contributed by atoms with Crippen molar-refractivity contribution in [3.8, 4) is 23.0 Å². The zero-order chi connectivity index (χ0) is 24.7. The van der Waals surface area contributed by atoms with Crippen molar-refractivity contribution >= 4 is 27.6 Å². The van der Waals surface area contributed by atoms with E-state index < -0.39 is 15.9 Å². The Morgan fingerprint density at radius 1 is 0.917 bits per heavy atom. The average Bonchev–Trinajstić information content (AvgIpc) is 3.56. The normalized spacial score (nSPS) is 14.4. The van der Waals surface area contributed by atoms with E-state index in [1.807, 2.05) is 18.2 Å². The molecule has 0 spiro atoms. The van der Waals surface area contributed by atoms with Crippen molar-refractivity contribution in [1.82, 2.24) is 10.2 Å². The lowest BCUT2D eigenvalue weighted by molar-refractivity contribution is 0.102. The molecule has 0 fully saturated rings. The van der Waals surface area contributed by atoms with Crippen LogP contribution in [0.15, 0.2) is 76.0 Å². The zero-order valence-corrected chi connectivity index (χ0v) is 19.7. The van der Waals surface area contributed by atoms with Crippen molar-refractivity contribution in [2.75, 3.05) is 29.4 Å². The molecule has 6 rings (SSSR count). The predicted molar refractivity (Wildman–Crippen MR) is 130 cm³/mol. The van der Waals surface area contributed by atoms with E-state index >= 15 is 0 Å². The van der Waals surface area contributed by atoms with Crippen LogP contribution < -0.4 is 19.1 Å². The number of sulfonamides is 1. The second kappa shape index (κ2) is 8.68. The second-order valence-electron chi connectivity index (χ2n) is 8.21. The highest BCUT2D eigenvalue weighted by Gasteiger charge is 2.30. The number of fused-ring (bicyclic) bond motifs is 2. The Balaban J connectivity index is 1.16. The van der Waals surface area contributed by atoms with Crippen molar-refractivity contribution in [3.63, 3.8) is 0 Å². The van der Waals surface area contributed by atoms with Gasteiger partial charge in [-0.1, -0.05) is 23.3 Å². The third kappa shape index (κ3) is 3.93. The van der Waals surface area contributed by atoms with Gasteiger partial charge in [0, 0.05) is 17.7 Å². The summed E-state index contributed by atoms with van der Waals surface area (Å²) < 4.78 is 44.4. The van der Waals surface area contributed by atoms with Crippen LogP contribution in [0.5, 0.6) is 11.5 Å². The number of rotatable bonds is 5. The maximum Gasteiger partial charge on any atom is 0.322 e. The van der Waals surface area contributed by atoms with Gasteiger partial charge in [-0.25, -0.2) is 8.42 Å². The van der Waals surface area contributed by atoms with Gasteiger partial charge in [-0.2, -0.15) is 0 Å². The Kier molecular flexibility index (Phi) is 5.33. The molecule has 1 aromatic heterocycles. The van der Waals surface area contributed by atoms with Crippen LogP contribution in [-0.2, 0) is 16.4 Å². The number of para-hydroxylation sites is 1. The van der Waals surface area contributed by atoms with Gasteiger partial charge in [-0.15, -0.1) is 5.10 Å². The zero-order valence-electron chi connectivity index (χ0n) is 18.9. The van der Waals surface area contributed by atoms with E-state index in [-0.39, 0.29) is 22.4 Å². The minimum Gasteiger partial charge on any atom is -0.486 e. The van der Waals surface area contributed by atoms with E-state index in [4.69, 9.17) is 13.9 Å². The average molecular weight is 505 g/mol. The number of hydrogen-bond donors (Lipinski definition) is 1. The van der Waals surface area contributed by atoms with Crippen LogP contribution in [0.4, 0.5) is 11.7 Å². The summed E-state index contributed by atoms with van der Waals surface area (Å²) in [5, 5.41) is 10.4. The number of benzene rings is 3. The first-order valence-electron chi connectivity index (χ1n) is 11.2. The highest BCUT2D eigenvalue weighted by molar-refractivity contribution is 7.92. The van der Waals surface area contributed by atoms with E-state index in [9.17, 15) is 13.2 Å². The second-order valence-corrected chi connectivity index (χ2v) is 10.1. The van der Waals surface area contributed by atoms with Gasteiger partial charge in [-0.3, -0.25) is 14.4 Å². The van der Waals surface area contributed by atoms with Crippen LogP contribution >= 0.6 is 0 Å². The highest BCUT2D eigenvalue weighted by atomic mass is 32.2. The van der Waals surface area contributed by atoms with Crippen LogP contribution in [-0.4, -0.2) is 44.3 Å². The molecule has 0 atom stereocenters. The number of ether oxygens (including phenoxy) is 2. The van der Waals surface area contributed by atoms with E-state index in [0.717, 1.165) is 5.56 Å². The topological polar surface area (TPSA) is 124 Å². The SMILES string of the molecule is O=C(Nc1nnc(-c2ccc3c(c2)OCCO3)o1)c1ccc(S(=O)(=O)N2CCc3ccccc32)cc1. The molecule has 2 aliphatic rings. The first kappa shape index (κ1) is 22.1. The van der Waals surface area contributed by atoms with Gasteiger partial charge in [0.1, 0.15) is 13.2 Å². The number of carbonyl (C=O) groups is 1. The third-order valence-corrected chi connectivity index (χ3v) is 7.81. The summed E-state index contributed by atoms with van der Waals surface area (Å²) >= 11 is 0. The first-order chi connectivity index (χ1) is 17.5. The molecule has 0 bridgehead atoms. The van der Waals surface area contributed by atoms with Crippen LogP contribution in [0.3, 0.4) is 0 Å². The summed E-state index contributed by atoms with van der Waals surface area (Å²) in [4.78, 5) is 12.8. The van der Waals surface area contributed by atoms with Crippen molar-refractivity contribution in [3.05, 3.63) is 77.9 Å². The van der Waals surface area contributed by atoms with Crippen LogP contribution in [0.25, 0.3) is 11.5 Å². The lowest BCUT2D eigenvalue weighted by Crippen LogP contribution is -2.29. The number of nitrogens with zero attached hydrogens (tertiary/aromatic N) is 3. The standard InChI is InChI=1S/C25H20N4O6S/c30-23(26-25-28-27-24(35-25)18-7-10-21-22(15-18)34-14-13-33-21)17-5-8-19(9-6-17)36(31,32)29-12-11-16-3-1-2-4-20(16)29/h1-10,15H,11-14H2,(H,26,28,30). The van der Waals surface area contributed by atoms with Gasteiger partial charge < -0.3 is 13.9 Å². The number of hydrogen-bond acceptors (Lipinski definition) is 8. The molecule has 1 N–H and O–H groups in total. The minimum atomic E-state index is -3.75. The van der Waals surface area contributed by atoms with Gasteiger partial charge in [0.25, 0.3) is 15.9 Å². The third-order valence-electron chi connectivity index (χ3n) is 5.98. The fourth-order valence-corrected chi connectivity index (χ4v) is 5.70. The molecule has 3 aromatic carbocycles. The maximum absolute atomic E-state index is 13.2. The molecule has 0 aliphatic carbocycles. The molecule has 0 radical (unpaired) electrons. The number of nitrogens with one attached hydrogen (secondary N) is 1. The predicted octanol–water partition coefficient (Wildman–Crippen LogP) is 3.51. The molecule has 36 heavy (non-hydrogen) atoms. The Morgan fingerprint density at radius 2 is 1.69 bits per heavy atom. The summed E-state index contributed by atoms with van der Waals surface area (Å²) in [6.45, 7) is 1.32. The molecular weight excluding hydrogens is 484 g/mol. The fourth-order valence-electron chi connectivity index (χ4n) is 4.20. The van der Waals surface area contributed by atoms with Gasteiger partial charge in [0.05, 0.1) is 10.6 Å². The summed E-state index contributed by atoms with van der Waals surface area (Å²) in [6, 6.07) is 18.3. The summed E-state index contributed by atoms with van der Waals surface area (Å²) in [7, 11) is -3.75. The van der Waals surface area contributed by atoms with Gasteiger partial charge in [0.2, 0.25) is 5.89 Å². The molecule has 182 valence electrons. The summed E-state index contributed by atoms with van der Waals surface area (Å²) in [5.41, 5.74) is 2.54. The van der Waals surface area contributed by atoms with Crippen molar-refractivity contribution in [2.24, 2.45) is 0 Å². The molecule has 0 saturated carbocycles. The van der Waals surface area contributed by atoms with Gasteiger partial charge in [0.15, 0.2) is 11.5 Å². The smallest absolute Gasteiger partial charge is 0.322 e. The minimum absolute atomic E-state index is 0.0877. The fraction of sp³-hybridized carbons (Fsp3) is 0.160. The van der Waals surface area contributed by atoms with Crippen molar-refractivity contribution in [2.45, 2.75) is 11.3 Å². The number of aromatic nitrogens is 2. The molecule has 11 heteroatoms. The summed E-state index contributed by atoms with van der Waals surface area (Å²) in [6.07, 6.45) is 0.661. The van der Waals surface area contributed by atoms with Gasteiger partial charge >= 0.3 is 6.01 Å². The van der Waals surface area contributed by atoms with Crippen LogP contribution in [0, 0.1) is 0 Å². The van der Waals surface area contributed by atoms with E-state index in [2.05, 4.69) is 15.5 Å². The molecule has 10 nitrogen and oxygen atoms in total. The molecule has 0 unspecified atom stereocenters. The summed E-state index contributed by atoms with van der Waals surface area (Å²) in [5.74, 6) is 0.907. The molecule has 3 heterocycles.